The fourth-order valence-corrected chi connectivity index (χ4v) is 3.19. The molecule has 0 heterocycles. The summed E-state index contributed by atoms with van der Waals surface area (Å²) in [6, 6.07) is 12.2. The summed E-state index contributed by atoms with van der Waals surface area (Å²) in [5, 5.41) is 2.54. The Bertz CT molecular complexity index is 895. The maximum Gasteiger partial charge on any atom is 0.250 e. The molecule has 2 aromatic rings. The minimum absolute atomic E-state index is 0.0674. The molecule has 0 bridgehead atoms. The number of benzene rings is 2. The lowest BCUT2D eigenvalue weighted by Gasteiger charge is -2.10. The van der Waals surface area contributed by atoms with Crippen LogP contribution in [0.4, 0.5) is 5.69 Å². The first-order chi connectivity index (χ1) is 12.3. The van der Waals surface area contributed by atoms with E-state index in [4.69, 9.17) is 10.5 Å². The summed E-state index contributed by atoms with van der Waals surface area (Å²) in [4.78, 5) is 23.4. The molecule has 0 unspecified atom stereocenters. The molecule has 2 rings (SSSR count). The number of primary amides is 1. The van der Waals surface area contributed by atoms with Gasteiger partial charge in [0.05, 0.1) is 23.3 Å². The predicted molar refractivity (Wildman–Crippen MR) is 96.4 cm³/mol. The highest BCUT2D eigenvalue weighted by Crippen LogP contribution is 2.16. The van der Waals surface area contributed by atoms with Crippen LogP contribution in [0.25, 0.3) is 0 Å². The number of para-hydroxylation sites is 1. The van der Waals surface area contributed by atoms with E-state index in [0.717, 1.165) is 0 Å². The van der Waals surface area contributed by atoms with Crippen LogP contribution in [-0.4, -0.2) is 33.9 Å². The van der Waals surface area contributed by atoms with Crippen molar-refractivity contribution in [1.29, 1.82) is 0 Å². The first-order valence-corrected chi connectivity index (χ1v) is 9.14. The number of methoxy groups -OCH3 is 1. The number of rotatable bonds is 8. The summed E-state index contributed by atoms with van der Waals surface area (Å²) in [6.07, 6.45) is -0.109. The maximum atomic E-state index is 12.2. The Kier molecular flexibility index (Phi) is 6.31. The molecular weight excluding hydrogens is 358 g/mol. The molecule has 0 aliphatic rings. The zero-order valence-electron chi connectivity index (χ0n) is 14.1. The predicted octanol–water partition coefficient (Wildman–Crippen LogP) is 1.10. The second-order valence-corrected chi connectivity index (χ2v) is 7.05. The number of carbonyl (C=O) groups is 2. The van der Waals surface area contributed by atoms with Crippen LogP contribution >= 0.6 is 0 Å². The Morgan fingerprint density at radius 3 is 2.35 bits per heavy atom. The molecule has 0 spiro atoms. The van der Waals surface area contributed by atoms with Gasteiger partial charge in [0.15, 0.2) is 0 Å². The van der Waals surface area contributed by atoms with E-state index in [-0.39, 0.29) is 29.1 Å². The largest absolute Gasteiger partial charge is 0.497 e. The highest BCUT2D eigenvalue weighted by molar-refractivity contribution is 7.89. The lowest BCUT2D eigenvalue weighted by molar-refractivity contribution is -0.116. The molecule has 2 amide bonds. The standard InChI is InChI=1S/C17H19N3O5S/c1-25-12-6-8-13(9-7-12)26(23,24)19-11-10-16(21)20-15-5-3-2-4-14(15)17(18)22/h2-9,19H,10-11H2,1H3,(H2,18,22)(H,20,21). The van der Waals surface area contributed by atoms with Gasteiger partial charge in [0.1, 0.15) is 5.75 Å². The lowest BCUT2D eigenvalue weighted by atomic mass is 10.1. The van der Waals surface area contributed by atoms with E-state index in [9.17, 15) is 18.0 Å². The number of nitrogens with one attached hydrogen (secondary N) is 2. The Morgan fingerprint density at radius 1 is 1.08 bits per heavy atom. The molecule has 8 nitrogen and oxygen atoms in total. The second-order valence-electron chi connectivity index (χ2n) is 5.28. The second kappa shape index (κ2) is 8.45. The van der Waals surface area contributed by atoms with Crippen molar-refractivity contribution in [2.45, 2.75) is 11.3 Å². The topological polar surface area (TPSA) is 128 Å². The number of amides is 2. The van der Waals surface area contributed by atoms with Crippen molar-refractivity contribution in [2.75, 3.05) is 19.0 Å². The Labute approximate surface area is 151 Å². The first-order valence-electron chi connectivity index (χ1n) is 7.66. The number of nitrogens with two attached hydrogens (primary N) is 1. The molecule has 0 aliphatic heterocycles. The van der Waals surface area contributed by atoms with E-state index < -0.39 is 21.8 Å². The molecule has 0 saturated heterocycles. The van der Waals surface area contributed by atoms with Crippen LogP contribution < -0.4 is 20.5 Å². The average Bonchev–Trinajstić information content (AvgIpc) is 2.62. The average molecular weight is 377 g/mol. The summed E-state index contributed by atoms with van der Waals surface area (Å²) >= 11 is 0. The molecule has 0 atom stereocenters. The fourth-order valence-electron chi connectivity index (χ4n) is 2.16. The van der Waals surface area contributed by atoms with Crippen LogP contribution in [0.2, 0.25) is 0 Å². The van der Waals surface area contributed by atoms with Gasteiger partial charge in [-0.05, 0) is 36.4 Å². The third kappa shape index (κ3) is 5.04. The van der Waals surface area contributed by atoms with E-state index in [2.05, 4.69) is 10.0 Å². The van der Waals surface area contributed by atoms with E-state index in [1.165, 1.54) is 37.4 Å². The van der Waals surface area contributed by atoms with Gasteiger partial charge in [-0.25, -0.2) is 13.1 Å². The monoisotopic (exact) mass is 377 g/mol. The van der Waals surface area contributed by atoms with Gasteiger partial charge >= 0.3 is 0 Å². The zero-order chi connectivity index (χ0) is 19.2. The summed E-state index contributed by atoms with van der Waals surface area (Å²) in [6.45, 7) is -0.0983. The van der Waals surface area contributed by atoms with Gasteiger partial charge in [-0.3, -0.25) is 9.59 Å². The SMILES string of the molecule is COc1ccc(S(=O)(=O)NCCC(=O)Nc2ccccc2C(N)=O)cc1. The van der Waals surface area contributed by atoms with Crippen LogP contribution in [-0.2, 0) is 14.8 Å². The van der Waals surface area contributed by atoms with Gasteiger partial charge in [-0.1, -0.05) is 12.1 Å². The molecule has 9 heteroatoms. The zero-order valence-corrected chi connectivity index (χ0v) is 14.9. The summed E-state index contributed by atoms with van der Waals surface area (Å²) < 4.78 is 31.7. The van der Waals surface area contributed by atoms with Crippen molar-refractivity contribution < 1.29 is 22.7 Å². The third-order valence-corrected chi connectivity index (χ3v) is 4.96. The lowest BCUT2D eigenvalue weighted by Crippen LogP contribution is -2.28. The number of ether oxygens (including phenoxy) is 1. The van der Waals surface area contributed by atoms with Crippen LogP contribution in [0.3, 0.4) is 0 Å². The molecule has 0 aromatic heterocycles. The van der Waals surface area contributed by atoms with Gasteiger partial charge in [-0.15, -0.1) is 0 Å². The molecule has 0 aliphatic carbocycles. The fraction of sp³-hybridized carbons (Fsp3) is 0.176. The molecule has 0 saturated carbocycles. The minimum atomic E-state index is -3.74. The third-order valence-electron chi connectivity index (χ3n) is 3.48. The van der Waals surface area contributed by atoms with Crippen molar-refractivity contribution in [3.8, 4) is 5.75 Å². The first kappa shape index (κ1) is 19.4. The number of hydrogen-bond donors (Lipinski definition) is 3. The number of sulfonamides is 1. The van der Waals surface area contributed by atoms with Crippen molar-refractivity contribution in [2.24, 2.45) is 5.73 Å². The van der Waals surface area contributed by atoms with Crippen molar-refractivity contribution in [3.63, 3.8) is 0 Å². The van der Waals surface area contributed by atoms with Gasteiger partial charge < -0.3 is 15.8 Å². The molecule has 0 fully saturated rings. The number of hydrogen-bond acceptors (Lipinski definition) is 5. The number of carbonyl (C=O) groups excluding carboxylic acids is 2. The molecule has 0 radical (unpaired) electrons. The van der Waals surface area contributed by atoms with E-state index in [1.807, 2.05) is 0 Å². The van der Waals surface area contributed by atoms with Gasteiger partial charge in [0, 0.05) is 13.0 Å². The van der Waals surface area contributed by atoms with Crippen LogP contribution in [0.15, 0.2) is 53.4 Å². The molecule has 138 valence electrons. The van der Waals surface area contributed by atoms with Gasteiger partial charge in [0.2, 0.25) is 15.9 Å². The smallest absolute Gasteiger partial charge is 0.250 e. The van der Waals surface area contributed by atoms with E-state index in [0.29, 0.717) is 5.75 Å². The summed E-state index contributed by atoms with van der Waals surface area (Å²) in [7, 11) is -2.25. The van der Waals surface area contributed by atoms with Crippen LogP contribution in [0.5, 0.6) is 5.75 Å². The maximum absolute atomic E-state index is 12.2. The van der Waals surface area contributed by atoms with Gasteiger partial charge in [0.25, 0.3) is 5.91 Å². The summed E-state index contributed by atoms with van der Waals surface area (Å²) in [5.41, 5.74) is 5.70. The highest BCUT2D eigenvalue weighted by Gasteiger charge is 2.15. The van der Waals surface area contributed by atoms with E-state index in [1.54, 1.807) is 18.2 Å². The molecule has 4 N–H and O–H groups in total. The summed E-state index contributed by atoms with van der Waals surface area (Å²) in [5.74, 6) is -0.575. The molecule has 26 heavy (non-hydrogen) atoms. The normalized spacial score (nSPS) is 11.0. The van der Waals surface area contributed by atoms with Crippen molar-refractivity contribution in [3.05, 3.63) is 54.1 Å². The Morgan fingerprint density at radius 2 is 1.73 bits per heavy atom. The molecular formula is C17H19N3O5S. The number of anilines is 1. The quantitative estimate of drug-likeness (QED) is 0.635. The van der Waals surface area contributed by atoms with Crippen molar-refractivity contribution >= 4 is 27.5 Å². The van der Waals surface area contributed by atoms with E-state index >= 15 is 0 Å². The minimum Gasteiger partial charge on any atom is -0.497 e. The van der Waals surface area contributed by atoms with Crippen LogP contribution in [0, 0.1) is 0 Å². The Hall–Kier alpha value is -2.91. The Balaban J connectivity index is 1.92. The molecule has 2 aromatic carbocycles. The van der Waals surface area contributed by atoms with Crippen molar-refractivity contribution in [1.82, 2.24) is 4.72 Å². The van der Waals surface area contributed by atoms with Crippen LogP contribution in [0.1, 0.15) is 16.8 Å². The van der Waals surface area contributed by atoms with Gasteiger partial charge in [-0.2, -0.15) is 0 Å². The highest BCUT2D eigenvalue weighted by atomic mass is 32.2.